The molecule has 0 aliphatic rings. The van der Waals surface area contributed by atoms with Crippen molar-refractivity contribution in [2.75, 3.05) is 13.2 Å². The molecule has 0 N–H and O–H groups in total. The molecule has 0 fully saturated rings. The molecule has 0 amide bonds. The third kappa shape index (κ3) is 66.1. The molecule has 82 heavy (non-hydrogen) atoms. The van der Waals surface area contributed by atoms with Crippen LogP contribution in [0.15, 0.2) is 146 Å². The maximum atomic E-state index is 12.9. The number of unbranched alkanes of at least 4 members (excludes halogenated alkanes) is 25. The predicted octanol–water partition coefficient (Wildman–Crippen LogP) is 23.5. The molecular formula is C76H124O6. The van der Waals surface area contributed by atoms with Crippen LogP contribution in [0.4, 0.5) is 0 Å². The van der Waals surface area contributed by atoms with E-state index < -0.39 is 6.10 Å². The number of hydrogen-bond acceptors (Lipinski definition) is 6. The zero-order valence-electron chi connectivity index (χ0n) is 53.2. The summed E-state index contributed by atoms with van der Waals surface area (Å²) in [4.78, 5) is 38.1. The van der Waals surface area contributed by atoms with Crippen LogP contribution in [0.1, 0.15) is 297 Å². The third-order valence-electron chi connectivity index (χ3n) is 14.1. The van der Waals surface area contributed by atoms with Crippen LogP contribution in [-0.2, 0) is 28.6 Å². The maximum Gasteiger partial charge on any atom is 0.306 e. The Labute approximate surface area is 506 Å². The van der Waals surface area contributed by atoms with Gasteiger partial charge in [0, 0.05) is 19.3 Å². The molecule has 6 nitrogen and oxygen atoms in total. The maximum absolute atomic E-state index is 12.9. The minimum absolute atomic E-state index is 0.0934. The first-order valence-electron chi connectivity index (χ1n) is 33.8. The number of carbonyl (C=O) groups is 3. The molecular weight excluding hydrogens is 1010 g/mol. The van der Waals surface area contributed by atoms with E-state index in [9.17, 15) is 14.4 Å². The molecule has 0 spiro atoms. The zero-order chi connectivity index (χ0) is 59.2. The first kappa shape index (κ1) is 77.3. The van der Waals surface area contributed by atoms with Crippen LogP contribution < -0.4 is 0 Å². The minimum Gasteiger partial charge on any atom is -0.462 e. The van der Waals surface area contributed by atoms with E-state index in [0.717, 1.165) is 141 Å². The Balaban J connectivity index is 4.10. The summed E-state index contributed by atoms with van der Waals surface area (Å²) < 4.78 is 16.8. The van der Waals surface area contributed by atoms with Gasteiger partial charge in [0.2, 0.25) is 0 Å². The summed E-state index contributed by atoms with van der Waals surface area (Å²) in [5.41, 5.74) is 0. The molecule has 6 heteroatoms. The average molecular weight is 1130 g/mol. The van der Waals surface area contributed by atoms with Gasteiger partial charge in [0.15, 0.2) is 6.10 Å². The van der Waals surface area contributed by atoms with Crippen LogP contribution >= 0.6 is 0 Å². The van der Waals surface area contributed by atoms with Crippen LogP contribution in [-0.4, -0.2) is 37.2 Å². The minimum atomic E-state index is -0.797. The summed E-state index contributed by atoms with van der Waals surface area (Å²) in [7, 11) is 0. The Hall–Kier alpha value is -4.71. The van der Waals surface area contributed by atoms with Crippen molar-refractivity contribution < 1.29 is 28.6 Å². The van der Waals surface area contributed by atoms with Crippen molar-refractivity contribution in [3.8, 4) is 0 Å². The number of hydrogen-bond donors (Lipinski definition) is 0. The molecule has 0 aliphatic carbocycles. The van der Waals surface area contributed by atoms with E-state index in [0.29, 0.717) is 12.8 Å². The lowest BCUT2D eigenvalue weighted by atomic mass is 10.0. The number of allylic oxidation sites excluding steroid dienone is 24. The van der Waals surface area contributed by atoms with Gasteiger partial charge in [0.05, 0.1) is 0 Å². The molecule has 1 unspecified atom stereocenters. The van der Waals surface area contributed by atoms with Gasteiger partial charge < -0.3 is 14.2 Å². The molecule has 0 heterocycles. The zero-order valence-corrected chi connectivity index (χ0v) is 53.2. The first-order valence-corrected chi connectivity index (χ1v) is 33.8. The molecule has 0 aliphatic heterocycles. The van der Waals surface area contributed by atoms with Crippen molar-refractivity contribution in [1.82, 2.24) is 0 Å². The SMILES string of the molecule is CC/C=C\C/C=C\C/C=C\C/C=C\C/C=C\C/C=C\C/C=C\CCCCCC(=O)OC(COC(=O)CCCCCCCC)COC(=O)CCCCCCCCCCCCCCCCCCC/C=C\C/C=C\C/C=C\C/C=C\C/C=C\CC. The molecule has 0 aromatic carbocycles. The monoisotopic (exact) mass is 1130 g/mol. The first-order chi connectivity index (χ1) is 40.5. The smallest absolute Gasteiger partial charge is 0.306 e. The topological polar surface area (TPSA) is 78.9 Å². The van der Waals surface area contributed by atoms with E-state index in [4.69, 9.17) is 14.2 Å². The Morgan fingerprint density at radius 2 is 0.476 bits per heavy atom. The van der Waals surface area contributed by atoms with E-state index in [1.807, 2.05) is 0 Å². The number of ether oxygens (including phenoxy) is 3. The highest BCUT2D eigenvalue weighted by molar-refractivity contribution is 5.71. The Morgan fingerprint density at radius 3 is 0.756 bits per heavy atom. The predicted molar refractivity (Wildman–Crippen MR) is 357 cm³/mol. The quantitative estimate of drug-likeness (QED) is 0.0261. The summed E-state index contributed by atoms with van der Waals surface area (Å²) in [6.45, 7) is 6.33. The van der Waals surface area contributed by atoms with Gasteiger partial charge in [-0.1, -0.05) is 301 Å². The van der Waals surface area contributed by atoms with E-state index in [2.05, 4.69) is 167 Å². The normalized spacial score (nSPS) is 13.1. The van der Waals surface area contributed by atoms with Crippen molar-refractivity contribution >= 4 is 17.9 Å². The molecule has 0 aromatic rings. The highest BCUT2D eigenvalue weighted by Gasteiger charge is 2.19. The van der Waals surface area contributed by atoms with Gasteiger partial charge in [-0.05, 0) is 122 Å². The van der Waals surface area contributed by atoms with Crippen molar-refractivity contribution in [1.29, 1.82) is 0 Å². The molecule has 464 valence electrons. The fourth-order valence-electron chi connectivity index (χ4n) is 9.10. The summed E-state index contributed by atoms with van der Waals surface area (Å²) >= 11 is 0. The summed E-state index contributed by atoms with van der Waals surface area (Å²) in [6.07, 6.45) is 99.1. The highest BCUT2D eigenvalue weighted by atomic mass is 16.6. The third-order valence-corrected chi connectivity index (χ3v) is 14.1. The van der Waals surface area contributed by atoms with Gasteiger partial charge in [0.1, 0.15) is 13.2 Å². The lowest BCUT2D eigenvalue weighted by Gasteiger charge is -2.18. The highest BCUT2D eigenvalue weighted by Crippen LogP contribution is 2.16. The number of esters is 3. The fourth-order valence-corrected chi connectivity index (χ4v) is 9.10. The van der Waals surface area contributed by atoms with Gasteiger partial charge in [-0.15, -0.1) is 0 Å². The van der Waals surface area contributed by atoms with E-state index in [1.165, 1.54) is 116 Å². The second kappa shape index (κ2) is 68.8. The fraction of sp³-hybridized carbons (Fsp3) is 0.645. The van der Waals surface area contributed by atoms with Gasteiger partial charge in [-0.3, -0.25) is 14.4 Å². The lowest BCUT2D eigenvalue weighted by molar-refractivity contribution is -0.167. The van der Waals surface area contributed by atoms with Crippen LogP contribution in [0.3, 0.4) is 0 Å². The average Bonchev–Trinajstić information content (AvgIpc) is 3.47. The number of rotatable bonds is 60. The summed E-state index contributed by atoms with van der Waals surface area (Å²) in [5.74, 6) is -0.933. The van der Waals surface area contributed by atoms with Crippen molar-refractivity contribution in [2.45, 2.75) is 303 Å². The number of carbonyl (C=O) groups excluding carboxylic acids is 3. The van der Waals surface area contributed by atoms with E-state index in [1.54, 1.807) is 0 Å². The van der Waals surface area contributed by atoms with Crippen molar-refractivity contribution in [2.24, 2.45) is 0 Å². The van der Waals surface area contributed by atoms with E-state index >= 15 is 0 Å². The van der Waals surface area contributed by atoms with Gasteiger partial charge >= 0.3 is 17.9 Å². The largest absolute Gasteiger partial charge is 0.462 e. The van der Waals surface area contributed by atoms with Gasteiger partial charge in [-0.25, -0.2) is 0 Å². The molecule has 0 radical (unpaired) electrons. The molecule has 0 bridgehead atoms. The van der Waals surface area contributed by atoms with Crippen molar-refractivity contribution in [3.63, 3.8) is 0 Å². The van der Waals surface area contributed by atoms with Gasteiger partial charge in [-0.2, -0.15) is 0 Å². The van der Waals surface area contributed by atoms with Crippen LogP contribution in [0, 0.1) is 0 Å². The second-order valence-electron chi connectivity index (χ2n) is 22.0. The van der Waals surface area contributed by atoms with Crippen molar-refractivity contribution in [3.05, 3.63) is 146 Å². The Kier molecular flexibility index (Phi) is 64.8. The van der Waals surface area contributed by atoms with E-state index in [-0.39, 0.29) is 37.5 Å². The Bertz CT molecular complexity index is 1780. The summed E-state index contributed by atoms with van der Waals surface area (Å²) in [6, 6.07) is 0. The van der Waals surface area contributed by atoms with Crippen LogP contribution in [0.25, 0.3) is 0 Å². The van der Waals surface area contributed by atoms with Crippen LogP contribution in [0.5, 0.6) is 0 Å². The molecule has 0 aromatic heterocycles. The summed E-state index contributed by atoms with van der Waals surface area (Å²) in [5, 5.41) is 0. The van der Waals surface area contributed by atoms with Crippen LogP contribution in [0.2, 0.25) is 0 Å². The lowest BCUT2D eigenvalue weighted by Crippen LogP contribution is -2.30. The molecule has 0 rings (SSSR count). The molecule has 0 saturated carbocycles. The molecule has 1 atom stereocenters. The Morgan fingerprint density at radius 1 is 0.256 bits per heavy atom. The second-order valence-corrected chi connectivity index (χ2v) is 22.0. The standard InChI is InChI=1S/C76H124O6/c1-4-7-10-13-16-18-20-22-24-26-28-30-32-34-35-36-37-38-39-40-41-43-44-46-48-50-52-54-56-58-60-63-66-69-75(78)81-72-73(71-80-74(77)68-65-62-15-12-9-6-3)82-76(79)70-67-64-61-59-57-55-53-51-49-47-45-42-33-31-29-27-25-23-21-19-17-14-11-8-5-2/h7-8,10-11,16-19,22-25,28-31,34-35,42,45,49,51,55,57,73H,4-6,9,12-15,20-21,26-27,32-33,36-41,43-44,46-48,50,52-54,56,58-72H2,1-3H3/b10-7-,11-8-,18-16-,19-17-,24-22-,25-23-,30-28-,31-29-,35-34-,45-42-,51-49-,57-55-. The van der Waals surface area contributed by atoms with Gasteiger partial charge in [0.25, 0.3) is 0 Å². The molecule has 0 saturated heterocycles.